The van der Waals surface area contributed by atoms with Crippen LogP contribution in [0, 0.1) is 6.92 Å². The summed E-state index contributed by atoms with van der Waals surface area (Å²) in [6.07, 6.45) is 1.90. The Morgan fingerprint density at radius 3 is 2.68 bits per heavy atom. The van der Waals surface area contributed by atoms with Crippen molar-refractivity contribution in [1.82, 2.24) is 20.0 Å². The molecule has 0 fully saturated rings. The maximum Gasteiger partial charge on any atom is 0.161 e. The van der Waals surface area contributed by atoms with Crippen molar-refractivity contribution in [3.63, 3.8) is 0 Å². The van der Waals surface area contributed by atoms with Crippen LogP contribution in [0.3, 0.4) is 0 Å². The van der Waals surface area contributed by atoms with Crippen molar-refractivity contribution in [2.24, 2.45) is 0 Å². The van der Waals surface area contributed by atoms with Crippen molar-refractivity contribution >= 4 is 11.3 Å². The Bertz CT molecular complexity index is 781. The van der Waals surface area contributed by atoms with Gasteiger partial charge in [0.05, 0.1) is 37.7 Å². The van der Waals surface area contributed by atoms with E-state index in [-0.39, 0.29) is 0 Å². The molecule has 3 rings (SSSR count). The van der Waals surface area contributed by atoms with Crippen LogP contribution in [0.25, 0.3) is 11.3 Å². The molecule has 0 saturated carbocycles. The molecule has 2 heterocycles. The number of thiazole rings is 1. The lowest BCUT2D eigenvalue weighted by molar-refractivity contribution is 0.355. The molecule has 0 aliphatic heterocycles. The van der Waals surface area contributed by atoms with E-state index in [0.29, 0.717) is 18.0 Å². The van der Waals surface area contributed by atoms with Crippen LogP contribution in [-0.2, 0) is 6.54 Å². The Morgan fingerprint density at radius 2 is 2.00 bits per heavy atom. The van der Waals surface area contributed by atoms with Crippen LogP contribution in [-0.4, -0.2) is 34.2 Å². The van der Waals surface area contributed by atoms with Gasteiger partial charge in [0.1, 0.15) is 5.69 Å². The van der Waals surface area contributed by atoms with Crippen LogP contribution in [0.15, 0.2) is 29.8 Å². The highest BCUT2D eigenvalue weighted by atomic mass is 32.1. The molecule has 2 aromatic heterocycles. The lowest BCUT2D eigenvalue weighted by Crippen LogP contribution is -2.00. The first kappa shape index (κ1) is 14.5. The summed E-state index contributed by atoms with van der Waals surface area (Å²) in [5, 5.41) is 11.5. The van der Waals surface area contributed by atoms with Crippen LogP contribution in [0.1, 0.15) is 10.7 Å². The van der Waals surface area contributed by atoms with Gasteiger partial charge in [-0.25, -0.2) is 9.67 Å². The number of rotatable bonds is 5. The van der Waals surface area contributed by atoms with Gasteiger partial charge in [-0.3, -0.25) is 0 Å². The molecule has 0 spiro atoms. The fourth-order valence-corrected chi connectivity index (χ4v) is 2.75. The number of aromatic nitrogens is 4. The topological polar surface area (TPSA) is 62.1 Å². The molecule has 0 amide bonds. The molecule has 6 nitrogen and oxygen atoms in total. The minimum Gasteiger partial charge on any atom is -0.493 e. The van der Waals surface area contributed by atoms with Crippen LogP contribution in [0.4, 0.5) is 0 Å². The average molecular weight is 316 g/mol. The lowest BCUT2D eigenvalue weighted by atomic mass is 10.1. The maximum atomic E-state index is 5.31. The molecule has 0 aliphatic carbocycles. The standard InChI is InChI=1S/C15H16N4O2S/c1-10-16-12(9-22-10)7-19-8-13(17-18-19)11-4-5-14(20-2)15(6-11)21-3/h4-6,8-9H,7H2,1-3H3. The normalized spacial score (nSPS) is 10.7. The van der Waals surface area contributed by atoms with E-state index < -0.39 is 0 Å². The number of methoxy groups -OCH3 is 2. The Hall–Kier alpha value is -2.41. The van der Waals surface area contributed by atoms with Gasteiger partial charge in [0.2, 0.25) is 0 Å². The molecule has 3 aromatic rings. The minimum absolute atomic E-state index is 0.616. The quantitative estimate of drug-likeness (QED) is 0.724. The second kappa shape index (κ2) is 6.15. The molecule has 0 radical (unpaired) electrons. The molecule has 1 aromatic carbocycles. The average Bonchev–Trinajstić information content (AvgIpc) is 3.16. The van der Waals surface area contributed by atoms with Gasteiger partial charge in [-0.15, -0.1) is 16.4 Å². The largest absolute Gasteiger partial charge is 0.493 e. The second-order valence-electron chi connectivity index (χ2n) is 4.73. The highest BCUT2D eigenvalue weighted by Gasteiger charge is 2.10. The summed E-state index contributed by atoms with van der Waals surface area (Å²) in [6, 6.07) is 5.68. The third-order valence-corrected chi connectivity index (χ3v) is 4.03. The third kappa shape index (κ3) is 2.94. The maximum absolute atomic E-state index is 5.31. The minimum atomic E-state index is 0.616. The van der Waals surface area contributed by atoms with Gasteiger partial charge in [-0.1, -0.05) is 5.21 Å². The summed E-state index contributed by atoms with van der Waals surface area (Å²) in [5.74, 6) is 1.36. The van der Waals surface area contributed by atoms with Crippen LogP contribution < -0.4 is 9.47 Å². The lowest BCUT2D eigenvalue weighted by Gasteiger charge is -2.07. The van der Waals surface area contributed by atoms with Gasteiger partial charge in [0, 0.05) is 10.9 Å². The predicted octanol–water partition coefficient (Wildman–Crippen LogP) is 2.78. The molecule has 7 heteroatoms. The zero-order chi connectivity index (χ0) is 15.5. The van der Waals surface area contributed by atoms with E-state index in [4.69, 9.17) is 9.47 Å². The fraction of sp³-hybridized carbons (Fsp3) is 0.267. The molecular weight excluding hydrogens is 300 g/mol. The summed E-state index contributed by atoms with van der Waals surface area (Å²) in [4.78, 5) is 4.43. The summed E-state index contributed by atoms with van der Waals surface area (Å²) in [7, 11) is 3.23. The number of ether oxygens (including phenoxy) is 2. The Kier molecular flexibility index (Phi) is 4.06. The number of aryl methyl sites for hydroxylation is 1. The Labute approximate surface area is 132 Å². The molecule has 0 atom stereocenters. The van der Waals surface area contributed by atoms with E-state index in [1.54, 1.807) is 30.2 Å². The SMILES string of the molecule is COc1ccc(-c2cn(Cc3csc(C)n3)nn2)cc1OC. The molecule has 0 saturated heterocycles. The number of hydrogen-bond donors (Lipinski definition) is 0. The van der Waals surface area contributed by atoms with E-state index in [0.717, 1.165) is 22.0 Å². The third-order valence-electron chi connectivity index (χ3n) is 3.21. The zero-order valence-electron chi connectivity index (χ0n) is 12.6. The van der Waals surface area contributed by atoms with Gasteiger partial charge in [-0.2, -0.15) is 0 Å². The zero-order valence-corrected chi connectivity index (χ0v) is 13.4. The van der Waals surface area contributed by atoms with Crippen molar-refractivity contribution in [3.05, 3.63) is 40.5 Å². The van der Waals surface area contributed by atoms with Gasteiger partial charge in [0.15, 0.2) is 11.5 Å². The molecule has 0 aliphatic rings. The highest BCUT2D eigenvalue weighted by molar-refractivity contribution is 7.09. The van der Waals surface area contributed by atoms with Gasteiger partial charge in [0.25, 0.3) is 0 Å². The smallest absolute Gasteiger partial charge is 0.161 e. The van der Waals surface area contributed by atoms with Crippen molar-refractivity contribution in [2.75, 3.05) is 14.2 Å². The molecule has 0 bridgehead atoms. The number of hydrogen-bond acceptors (Lipinski definition) is 6. The second-order valence-corrected chi connectivity index (χ2v) is 5.79. The van der Waals surface area contributed by atoms with Crippen LogP contribution in [0.5, 0.6) is 11.5 Å². The van der Waals surface area contributed by atoms with Crippen molar-refractivity contribution in [2.45, 2.75) is 13.5 Å². The van der Waals surface area contributed by atoms with E-state index in [1.165, 1.54) is 0 Å². The molecular formula is C15H16N4O2S. The van der Waals surface area contributed by atoms with Gasteiger partial charge >= 0.3 is 0 Å². The molecule has 22 heavy (non-hydrogen) atoms. The van der Waals surface area contributed by atoms with Crippen molar-refractivity contribution < 1.29 is 9.47 Å². The van der Waals surface area contributed by atoms with Gasteiger partial charge < -0.3 is 9.47 Å². The van der Waals surface area contributed by atoms with E-state index in [9.17, 15) is 0 Å². The predicted molar refractivity (Wildman–Crippen MR) is 84.5 cm³/mol. The fourth-order valence-electron chi connectivity index (χ4n) is 2.15. The summed E-state index contributed by atoms with van der Waals surface area (Å²) < 4.78 is 12.3. The van der Waals surface area contributed by atoms with Crippen LogP contribution >= 0.6 is 11.3 Å². The molecule has 0 N–H and O–H groups in total. The van der Waals surface area contributed by atoms with Crippen LogP contribution in [0.2, 0.25) is 0 Å². The summed E-state index contributed by atoms with van der Waals surface area (Å²) >= 11 is 1.63. The first-order chi connectivity index (χ1) is 10.7. The van der Waals surface area contributed by atoms with E-state index in [1.807, 2.05) is 36.7 Å². The Morgan fingerprint density at radius 1 is 1.18 bits per heavy atom. The number of benzene rings is 1. The summed E-state index contributed by atoms with van der Waals surface area (Å²) in [5.41, 5.74) is 2.71. The molecule has 0 unspecified atom stereocenters. The molecule has 114 valence electrons. The summed E-state index contributed by atoms with van der Waals surface area (Å²) in [6.45, 7) is 2.61. The van der Waals surface area contributed by atoms with E-state index in [2.05, 4.69) is 15.3 Å². The van der Waals surface area contributed by atoms with Crippen molar-refractivity contribution in [1.29, 1.82) is 0 Å². The van der Waals surface area contributed by atoms with Gasteiger partial charge in [-0.05, 0) is 25.1 Å². The highest BCUT2D eigenvalue weighted by Crippen LogP contribution is 2.31. The number of nitrogens with zero attached hydrogens (tertiary/aromatic N) is 4. The Balaban J connectivity index is 1.84. The van der Waals surface area contributed by atoms with Crippen molar-refractivity contribution in [3.8, 4) is 22.8 Å². The first-order valence-electron chi connectivity index (χ1n) is 6.73. The first-order valence-corrected chi connectivity index (χ1v) is 7.61. The van der Waals surface area contributed by atoms with E-state index >= 15 is 0 Å². The monoisotopic (exact) mass is 316 g/mol.